The molecule has 2 heterocycles. The average molecular weight is 466 g/mol. The molecule has 0 aromatic heterocycles. The number of methoxy groups -OCH3 is 1. The van der Waals surface area contributed by atoms with Crippen LogP contribution < -0.4 is 9.46 Å². The molecule has 2 aliphatic rings. The molecule has 2 fully saturated rings. The lowest BCUT2D eigenvalue weighted by Crippen LogP contribution is -2.54. The number of benzene rings is 1. The highest BCUT2D eigenvalue weighted by Crippen LogP contribution is 2.24. The van der Waals surface area contributed by atoms with E-state index in [-0.39, 0.29) is 16.7 Å². The van der Waals surface area contributed by atoms with E-state index < -0.39 is 16.1 Å². The summed E-state index contributed by atoms with van der Waals surface area (Å²) in [5, 5.41) is 0. The Kier molecular flexibility index (Phi) is 8.58. The van der Waals surface area contributed by atoms with Gasteiger partial charge in [0.15, 0.2) is 0 Å². The van der Waals surface area contributed by atoms with Crippen molar-refractivity contribution in [2.45, 2.75) is 57.4 Å². The SMILES string of the molecule is COc1ccc(S(=O)(=O)N[C@H](C(=O)N2CCC[C@H](CN3CCC(C)CC3)C2)C(C)C)cc1. The largest absolute Gasteiger partial charge is 0.497 e. The first-order valence-corrected chi connectivity index (χ1v) is 13.4. The summed E-state index contributed by atoms with van der Waals surface area (Å²) in [4.78, 5) is 17.9. The molecule has 0 spiro atoms. The number of carbonyl (C=O) groups excluding carboxylic acids is 1. The highest BCUT2D eigenvalue weighted by molar-refractivity contribution is 7.89. The number of hydrogen-bond donors (Lipinski definition) is 1. The van der Waals surface area contributed by atoms with Crippen molar-refractivity contribution in [2.24, 2.45) is 17.8 Å². The second kappa shape index (κ2) is 11.0. The van der Waals surface area contributed by atoms with Crippen LogP contribution >= 0.6 is 0 Å². The molecule has 8 heteroatoms. The van der Waals surface area contributed by atoms with Gasteiger partial charge in [0.25, 0.3) is 0 Å². The van der Waals surface area contributed by atoms with Gasteiger partial charge in [0, 0.05) is 19.6 Å². The number of sulfonamides is 1. The second-order valence-corrected chi connectivity index (χ2v) is 11.5. The standard InChI is InChI=1S/C24H39N3O4S/c1-18(2)23(25-32(29,30)22-9-7-21(31-4)8-10-22)24(28)27-13-5-6-20(17-27)16-26-14-11-19(3)12-15-26/h7-10,18-20,23,25H,5-6,11-17H2,1-4H3/t20-,23+/m1/s1. The van der Waals surface area contributed by atoms with E-state index in [2.05, 4.69) is 16.5 Å². The topological polar surface area (TPSA) is 78.9 Å². The van der Waals surface area contributed by atoms with Gasteiger partial charge in [0.1, 0.15) is 11.8 Å². The molecule has 32 heavy (non-hydrogen) atoms. The van der Waals surface area contributed by atoms with Crippen LogP contribution in [0.25, 0.3) is 0 Å². The maximum atomic E-state index is 13.4. The number of rotatable bonds is 8. The number of piperidine rings is 2. The quantitative estimate of drug-likeness (QED) is 0.639. The molecule has 1 aromatic rings. The number of carbonyl (C=O) groups is 1. The van der Waals surface area contributed by atoms with Crippen molar-refractivity contribution >= 4 is 15.9 Å². The van der Waals surface area contributed by atoms with Crippen LogP contribution in [0.2, 0.25) is 0 Å². The molecule has 2 aliphatic heterocycles. The molecule has 0 radical (unpaired) electrons. The van der Waals surface area contributed by atoms with Crippen molar-refractivity contribution < 1.29 is 17.9 Å². The van der Waals surface area contributed by atoms with Gasteiger partial charge in [-0.3, -0.25) is 4.79 Å². The summed E-state index contributed by atoms with van der Waals surface area (Å²) in [5.41, 5.74) is 0. The predicted molar refractivity (Wildman–Crippen MR) is 126 cm³/mol. The minimum absolute atomic E-state index is 0.117. The monoisotopic (exact) mass is 465 g/mol. The molecule has 1 N–H and O–H groups in total. The van der Waals surface area contributed by atoms with Crippen molar-refractivity contribution in [1.82, 2.24) is 14.5 Å². The molecular formula is C24H39N3O4S. The summed E-state index contributed by atoms with van der Waals surface area (Å²) in [6.45, 7) is 10.8. The molecule has 0 bridgehead atoms. The van der Waals surface area contributed by atoms with Crippen molar-refractivity contribution in [2.75, 3.05) is 39.8 Å². The zero-order valence-corrected chi connectivity index (χ0v) is 20.7. The van der Waals surface area contributed by atoms with E-state index in [4.69, 9.17) is 4.74 Å². The van der Waals surface area contributed by atoms with Crippen LogP contribution in [0.15, 0.2) is 29.2 Å². The predicted octanol–water partition coefficient (Wildman–Crippen LogP) is 2.97. The van der Waals surface area contributed by atoms with Gasteiger partial charge in [0.05, 0.1) is 12.0 Å². The highest BCUT2D eigenvalue weighted by Gasteiger charge is 2.34. The van der Waals surface area contributed by atoms with E-state index in [1.807, 2.05) is 18.7 Å². The first-order valence-electron chi connectivity index (χ1n) is 11.9. The van der Waals surface area contributed by atoms with Crippen LogP contribution in [-0.4, -0.2) is 70.0 Å². The lowest BCUT2D eigenvalue weighted by Gasteiger charge is -2.39. The third-order valence-corrected chi connectivity index (χ3v) is 8.26. The van der Waals surface area contributed by atoms with Gasteiger partial charge < -0.3 is 14.5 Å². The first kappa shape index (κ1) is 25.0. The Morgan fingerprint density at radius 3 is 2.38 bits per heavy atom. The van der Waals surface area contributed by atoms with E-state index in [0.29, 0.717) is 24.8 Å². The van der Waals surface area contributed by atoms with Crippen LogP contribution in [0.3, 0.4) is 0 Å². The molecule has 1 aromatic carbocycles. The molecule has 1 amide bonds. The molecule has 180 valence electrons. The molecular weight excluding hydrogens is 426 g/mol. The van der Waals surface area contributed by atoms with Crippen LogP contribution in [-0.2, 0) is 14.8 Å². The van der Waals surface area contributed by atoms with Gasteiger partial charge >= 0.3 is 0 Å². The maximum absolute atomic E-state index is 13.4. The van der Waals surface area contributed by atoms with Crippen LogP contribution in [0, 0.1) is 17.8 Å². The fourth-order valence-electron chi connectivity index (χ4n) is 4.68. The van der Waals surface area contributed by atoms with Crippen LogP contribution in [0.5, 0.6) is 5.75 Å². The van der Waals surface area contributed by atoms with Gasteiger partial charge in [-0.1, -0.05) is 20.8 Å². The Hall–Kier alpha value is -1.64. The van der Waals surface area contributed by atoms with E-state index in [0.717, 1.165) is 38.4 Å². The third kappa shape index (κ3) is 6.45. The third-order valence-electron chi connectivity index (χ3n) is 6.81. The summed E-state index contributed by atoms with van der Waals surface area (Å²) >= 11 is 0. The molecule has 0 unspecified atom stereocenters. The van der Waals surface area contributed by atoms with Gasteiger partial charge in [-0.15, -0.1) is 0 Å². The lowest BCUT2D eigenvalue weighted by molar-refractivity contribution is -0.136. The van der Waals surface area contributed by atoms with Crippen molar-refractivity contribution in [3.63, 3.8) is 0 Å². The lowest BCUT2D eigenvalue weighted by atomic mass is 9.93. The van der Waals surface area contributed by atoms with Crippen molar-refractivity contribution in [3.05, 3.63) is 24.3 Å². The average Bonchev–Trinajstić information content (AvgIpc) is 2.78. The van der Waals surface area contributed by atoms with Crippen LogP contribution in [0.4, 0.5) is 0 Å². The maximum Gasteiger partial charge on any atom is 0.241 e. The molecule has 3 rings (SSSR count). The number of nitrogens with one attached hydrogen (secondary N) is 1. The van der Waals surface area contributed by atoms with Crippen molar-refractivity contribution in [3.8, 4) is 5.75 Å². The first-order chi connectivity index (χ1) is 15.2. The minimum atomic E-state index is -3.82. The van der Waals surface area contributed by atoms with Crippen LogP contribution in [0.1, 0.15) is 46.5 Å². The van der Waals surface area contributed by atoms with E-state index in [1.54, 1.807) is 12.1 Å². The number of nitrogens with zero attached hydrogens (tertiary/aromatic N) is 2. The molecule has 2 saturated heterocycles. The highest BCUT2D eigenvalue weighted by atomic mass is 32.2. The second-order valence-electron chi connectivity index (χ2n) is 9.79. The van der Waals surface area contributed by atoms with Gasteiger partial charge in [0.2, 0.25) is 15.9 Å². The Labute approximate surface area is 193 Å². The molecule has 2 atom stereocenters. The fraction of sp³-hybridized carbons (Fsp3) is 0.708. The smallest absolute Gasteiger partial charge is 0.241 e. The zero-order valence-electron chi connectivity index (χ0n) is 19.9. The normalized spacial score (nSPS) is 22.2. The Morgan fingerprint density at radius 2 is 1.78 bits per heavy atom. The Bertz CT molecular complexity index is 849. The zero-order chi connectivity index (χ0) is 23.3. The molecule has 0 aliphatic carbocycles. The van der Waals surface area contributed by atoms with Gasteiger partial charge in [-0.25, -0.2) is 8.42 Å². The number of hydrogen-bond acceptors (Lipinski definition) is 5. The summed E-state index contributed by atoms with van der Waals surface area (Å²) in [6.07, 6.45) is 4.59. The summed E-state index contributed by atoms with van der Waals surface area (Å²) in [6, 6.07) is 5.43. The molecule has 0 saturated carbocycles. The molecule has 7 nitrogen and oxygen atoms in total. The van der Waals surface area contributed by atoms with E-state index in [1.165, 1.54) is 32.1 Å². The van der Waals surface area contributed by atoms with E-state index >= 15 is 0 Å². The minimum Gasteiger partial charge on any atom is -0.497 e. The summed E-state index contributed by atoms with van der Waals surface area (Å²) < 4.78 is 33.7. The van der Waals surface area contributed by atoms with Gasteiger partial charge in [-0.05, 0) is 80.8 Å². The number of likely N-dealkylation sites (tertiary alicyclic amines) is 2. The summed E-state index contributed by atoms with van der Waals surface area (Å²) in [5.74, 6) is 1.57. The number of amides is 1. The Morgan fingerprint density at radius 1 is 1.12 bits per heavy atom. The van der Waals surface area contributed by atoms with Gasteiger partial charge in [-0.2, -0.15) is 4.72 Å². The number of ether oxygens (including phenoxy) is 1. The fourth-order valence-corrected chi connectivity index (χ4v) is 6.02. The summed E-state index contributed by atoms with van der Waals surface area (Å²) in [7, 11) is -2.28. The Balaban J connectivity index is 1.64. The van der Waals surface area contributed by atoms with Crippen molar-refractivity contribution in [1.29, 1.82) is 0 Å². The van der Waals surface area contributed by atoms with E-state index in [9.17, 15) is 13.2 Å².